The fourth-order valence-electron chi connectivity index (χ4n) is 2.36. The number of hydrogen-bond acceptors (Lipinski definition) is 5. The second-order valence-electron chi connectivity index (χ2n) is 6.95. The van der Waals surface area contributed by atoms with Crippen LogP contribution in [0.2, 0.25) is 0 Å². The van der Waals surface area contributed by atoms with E-state index in [4.69, 9.17) is 0 Å². The largest absolute Gasteiger partial charge is 0.269 e. The van der Waals surface area contributed by atoms with E-state index >= 15 is 0 Å². The molecule has 0 aliphatic heterocycles. The van der Waals surface area contributed by atoms with Gasteiger partial charge in [0.05, 0.1) is 60.7 Å². The summed E-state index contributed by atoms with van der Waals surface area (Å²) in [6.45, 7) is 0. The minimum atomic E-state index is 0. The molecule has 0 aromatic heterocycles. The summed E-state index contributed by atoms with van der Waals surface area (Å²) in [7, 11) is 0. The first-order valence-corrected chi connectivity index (χ1v) is 14.9. The highest BCUT2D eigenvalue weighted by molar-refractivity contribution is 7.95. The van der Waals surface area contributed by atoms with Gasteiger partial charge in [0.15, 0.2) is 0 Å². The van der Waals surface area contributed by atoms with Crippen LogP contribution < -0.4 is 0 Å². The van der Waals surface area contributed by atoms with Gasteiger partial charge in [-0.15, -0.1) is 0 Å². The summed E-state index contributed by atoms with van der Waals surface area (Å²) in [6, 6.07) is 44.6. The fourth-order valence-corrected chi connectivity index (χ4v) is 3.66. The van der Waals surface area contributed by atoms with Crippen LogP contribution in [-0.2, 0) is 0 Å². The fraction of sp³-hybridized carbons (Fsp3) is 0. The van der Waals surface area contributed by atoms with Crippen LogP contribution in [0.1, 0.15) is 0 Å². The van der Waals surface area contributed by atoms with Crippen LogP contribution in [-0.4, -0.2) is 0 Å². The molecule has 0 nitrogen and oxygen atoms in total. The van der Waals surface area contributed by atoms with E-state index in [-0.39, 0.29) is 84.3 Å². The van der Waals surface area contributed by atoms with Crippen molar-refractivity contribution in [2.75, 3.05) is 0 Å². The van der Waals surface area contributed by atoms with Gasteiger partial charge in [-0.3, -0.25) is 23.5 Å². The quantitative estimate of drug-likeness (QED) is 0.164. The molecule has 0 fully saturated rings. The van der Waals surface area contributed by atoms with Crippen LogP contribution in [0.25, 0.3) is 0 Å². The van der Waals surface area contributed by atoms with Gasteiger partial charge in [0.1, 0.15) is 0 Å². The first kappa shape index (κ1) is 51.7. The van der Waals surface area contributed by atoms with Gasteiger partial charge < -0.3 is 0 Å². The molecule has 0 aliphatic rings. The molecule has 0 radical (unpaired) electrons. The molecule has 15 heteroatoms. The molecule has 0 saturated carbocycles. The Morgan fingerprint density at radius 1 is 0.222 bits per heavy atom. The lowest BCUT2D eigenvalue weighted by atomic mass is 10.4. The molecule has 5 aromatic rings. The Kier molecular flexibility index (Phi) is 42.9. The van der Waals surface area contributed by atoms with Crippen molar-refractivity contribution in [2.24, 2.45) is 0 Å². The zero-order valence-corrected chi connectivity index (χ0v) is 27.0. The maximum atomic E-state index is 11.6. The van der Waals surface area contributed by atoms with Crippen molar-refractivity contribution in [2.45, 2.75) is 24.5 Å². The maximum Gasteiger partial charge on any atom is 0.0812 e. The summed E-state index contributed by atoms with van der Waals surface area (Å²) in [5, 5.41) is 0. The molecule has 0 atom stereocenters. The zero-order chi connectivity index (χ0) is 29.1. The Hall–Kier alpha value is -2.85. The van der Waals surface area contributed by atoms with Crippen molar-refractivity contribution in [3.63, 3.8) is 0 Å². The first-order valence-electron chi connectivity index (χ1n) is 11.3. The minimum absolute atomic E-state index is 0. The van der Waals surface area contributed by atoms with Crippen molar-refractivity contribution in [1.29, 1.82) is 0 Å². The van der Waals surface area contributed by atoms with Crippen LogP contribution in [0.15, 0.2) is 176 Å². The summed E-state index contributed by atoms with van der Waals surface area (Å²) in [6.07, 6.45) is 0. The second kappa shape index (κ2) is 37.3. The van der Waals surface area contributed by atoms with Crippen LogP contribution in [0, 0.1) is 0 Å². The lowest BCUT2D eigenvalue weighted by Gasteiger charge is -1.85. The monoisotopic (exact) mass is 740 g/mol. The smallest absolute Gasteiger partial charge is 0.0812 e. The summed E-state index contributed by atoms with van der Waals surface area (Å²) in [5.41, 5.74) is 0. The van der Waals surface area contributed by atoms with Gasteiger partial charge in [0.25, 0.3) is 0 Å². The van der Waals surface area contributed by atoms with Gasteiger partial charge in [-0.2, -0.15) is 19.4 Å². The molecule has 0 heterocycles. The van der Waals surface area contributed by atoms with Crippen molar-refractivity contribution >= 4 is 60.7 Å². The highest BCUT2D eigenvalue weighted by atomic mass is 32.2. The predicted molar refractivity (Wildman–Crippen MR) is 180 cm³/mol. The Labute approximate surface area is 278 Å². The lowest BCUT2D eigenvalue weighted by Crippen LogP contribution is -1.60. The Balaban J connectivity index is -0.000000144. The molecule has 0 N–H and O–H groups in total. The molecular formula is C30H30F10S5. The molecule has 0 spiro atoms. The van der Waals surface area contributed by atoms with E-state index in [9.17, 15) is 19.4 Å². The average molecular weight is 741 g/mol. The van der Waals surface area contributed by atoms with Crippen molar-refractivity contribution in [1.82, 2.24) is 0 Å². The third kappa shape index (κ3) is 28.4. The second-order valence-corrected chi connectivity index (χ2v) is 10.1. The van der Waals surface area contributed by atoms with Crippen molar-refractivity contribution in [3.05, 3.63) is 152 Å². The van der Waals surface area contributed by atoms with E-state index in [0.717, 1.165) is 0 Å². The minimum Gasteiger partial charge on any atom is -0.269 e. The number of hydrogen-bond donors (Lipinski definition) is 0. The van der Waals surface area contributed by atoms with Crippen LogP contribution in [0.3, 0.4) is 0 Å². The molecule has 250 valence electrons. The SMILES string of the molecule is F.F.F.F.F.FSc1ccccc1.FSc1ccccc1.FSc1ccccc1.FSc1ccccc1.FSc1ccccc1. The zero-order valence-electron chi connectivity index (χ0n) is 22.9. The van der Waals surface area contributed by atoms with Gasteiger partial charge in [-0.25, -0.2) is 0 Å². The topological polar surface area (TPSA) is 0 Å². The summed E-state index contributed by atoms with van der Waals surface area (Å²) in [4.78, 5) is 3.30. The molecular weight excluding hydrogens is 711 g/mol. The predicted octanol–water partition coefficient (Wildman–Crippen LogP) is 14.1. The normalized spacial score (nSPS) is 8.11. The third-order valence-corrected chi connectivity index (χ3v) is 6.41. The van der Waals surface area contributed by atoms with E-state index in [1.165, 1.54) is 0 Å². The Morgan fingerprint density at radius 2 is 0.333 bits per heavy atom. The lowest BCUT2D eigenvalue weighted by molar-refractivity contribution is 0.933. The average Bonchev–Trinajstić information content (AvgIpc) is 3.07. The van der Waals surface area contributed by atoms with E-state index in [1.54, 1.807) is 60.7 Å². The summed E-state index contributed by atoms with van der Waals surface area (Å²) < 4.78 is 58.2. The van der Waals surface area contributed by atoms with Crippen LogP contribution >= 0.6 is 60.7 Å². The van der Waals surface area contributed by atoms with Gasteiger partial charge in [-0.05, 0) is 60.7 Å². The van der Waals surface area contributed by atoms with Gasteiger partial charge in [-0.1, -0.05) is 91.0 Å². The van der Waals surface area contributed by atoms with Gasteiger partial charge in [0, 0.05) is 24.5 Å². The summed E-state index contributed by atoms with van der Waals surface area (Å²) >= 11 is 1.34. The van der Waals surface area contributed by atoms with Crippen LogP contribution in [0.4, 0.5) is 43.0 Å². The highest BCUT2D eigenvalue weighted by Crippen LogP contribution is 2.19. The Morgan fingerprint density at radius 3 is 0.400 bits per heavy atom. The molecule has 0 saturated heterocycles. The number of halogens is 10. The van der Waals surface area contributed by atoms with Crippen LogP contribution in [0.5, 0.6) is 0 Å². The number of benzene rings is 5. The van der Waals surface area contributed by atoms with E-state index < -0.39 is 0 Å². The van der Waals surface area contributed by atoms with Crippen molar-refractivity contribution < 1.29 is 43.0 Å². The van der Waals surface area contributed by atoms with Crippen molar-refractivity contribution in [3.8, 4) is 0 Å². The standard InChI is InChI=1S/5C6H5FS.5FH/c5*7-8-6-4-2-1-3-5-6;;;;;/h5*1-5H;5*1H. The molecule has 5 rings (SSSR count). The third-order valence-electron chi connectivity index (χ3n) is 4.16. The Bertz CT molecular complexity index is 991. The number of rotatable bonds is 5. The molecule has 0 aliphatic carbocycles. The molecule has 0 unspecified atom stereocenters. The highest BCUT2D eigenvalue weighted by Gasteiger charge is 1.87. The van der Waals surface area contributed by atoms with E-state index in [1.807, 2.05) is 91.0 Å². The van der Waals surface area contributed by atoms with E-state index in [2.05, 4.69) is 0 Å². The first-order chi connectivity index (χ1) is 19.7. The van der Waals surface area contributed by atoms with Gasteiger partial charge in [0.2, 0.25) is 0 Å². The molecule has 5 aromatic carbocycles. The molecule has 0 bridgehead atoms. The van der Waals surface area contributed by atoms with E-state index in [0.29, 0.717) is 24.5 Å². The van der Waals surface area contributed by atoms with Gasteiger partial charge >= 0.3 is 0 Å². The summed E-state index contributed by atoms with van der Waals surface area (Å²) in [5.74, 6) is 0. The maximum absolute atomic E-state index is 11.6. The molecule has 45 heavy (non-hydrogen) atoms. The molecule has 0 amide bonds.